The highest BCUT2D eigenvalue weighted by atomic mass is 15.3. The van der Waals surface area contributed by atoms with Gasteiger partial charge in [0, 0.05) is 29.7 Å². The van der Waals surface area contributed by atoms with Crippen LogP contribution >= 0.6 is 0 Å². The van der Waals surface area contributed by atoms with E-state index in [1.807, 2.05) is 17.1 Å². The van der Waals surface area contributed by atoms with Gasteiger partial charge in [-0.2, -0.15) is 5.10 Å². The summed E-state index contributed by atoms with van der Waals surface area (Å²) < 4.78 is 2.00. The van der Waals surface area contributed by atoms with E-state index in [0.717, 1.165) is 11.1 Å². The van der Waals surface area contributed by atoms with Crippen LogP contribution in [0.4, 0.5) is 5.95 Å². The maximum atomic E-state index is 5.20. The van der Waals surface area contributed by atoms with Gasteiger partial charge < -0.3 is 0 Å². The normalized spacial score (nSPS) is 15.1. The zero-order valence-electron chi connectivity index (χ0n) is 8.67. The van der Waals surface area contributed by atoms with E-state index in [1.54, 1.807) is 12.4 Å². The highest BCUT2D eigenvalue weighted by Gasteiger charge is 2.24. The molecule has 16 heavy (non-hydrogen) atoms. The van der Waals surface area contributed by atoms with Crippen molar-refractivity contribution in [1.29, 1.82) is 0 Å². The molecule has 3 N–H and O–H groups in total. The molecule has 6 nitrogen and oxygen atoms in total. The van der Waals surface area contributed by atoms with Crippen molar-refractivity contribution >= 4 is 5.95 Å². The summed E-state index contributed by atoms with van der Waals surface area (Å²) in [6.45, 7) is 0. The largest absolute Gasteiger partial charge is 0.292 e. The lowest BCUT2D eigenvalue weighted by atomic mass is 10.2. The van der Waals surface area contributed by atoms with E-state index < -0.39 is 0 Å². The Morgan fingerprint density at radius 3 is 2.56 bits per heavy atom. The minimum atomic E-state index is 0.415. The van der Waals surface area contributed by atoms with E-state index in [9.17, 15) is 0 Å². The van der Waals surface area contributed by atoms with Crippen LogP contribution in [0, 0.1) is 0 Å². The molecule has 2 aromatic heterocycles. The van der Waals surface area contributed by atoms with Crippen molar-refractivity contribution in [2.45, 2.75) is 18.9 Å². The number of nitrogen functional groups attached to an aromatic ring is 1. The van der Waals surface area contributed by atoms with Crippen molar-refractivity contribution in [2.24, 2.45) is 5.84 Å². The Bertz CT molecular complexity index is 484. The summed E-state index contributed by atoms with van der Waals surface area (Å²) in [7, 11) is 0. The molecule has 6 heteroatoms. The lowest BCUT2D eigenvalue weighted by Gasteiger charge is -1.99. The van der Waals surface area contributed by atoms with Gasteiger partial charge in [0.15, 0.2) is 0 Å². The first kappa shape index (κ1) is 9.29. The van der Waals surface area contributed by atoms with Crippen molar-refractivity contribution < 1.29 is 0 Å². The Morgan fingerprint density at radius 1 is 1.19 bits per heavy atom. The molecule has 1 aliphatic carbocycles. The Balaban J connectivity index is 1.88. The summed E-state index contributed by atoms with van der Waals surface area (Å²) in [6.07, 6.45) is 9.80. The second kappa shape index (κ2) is 3.57. The third-order valence-electron chi connectivity index (χ3n) is 2.64. The molecular weight excluding hydrogens is 204 g/mol. The molecule has 0 amide bonds. The summed E-state index contributed by atoms with van der Waals surface area (Å²) in [5, 5.41) is 4.32. The zero-order valence-corrected chi connectivity index (χ0v) is 8.67. The summed E-state index contributed by atoms with van der Waals surface area (Å²) in [6, 6.07) is 0.597. The quantitative estimate of drug-likeness (QED) is 0.590. The first-order valence-corrected chi connectivity index (χ1v) is 5.20. The van der Waals surface area contributed by atoms with Crippen LogP contribution < -0.4 is 11.3 Å². The summed E-state index contributed by atoms with van der Waals surface area (Å²) in [5.74, 6) is 5.61. The van der Waals surface area contributed by atoms with Gasteiger partial charge in [-0.3, -0.25) is 10.1 Å². The van der Waals surface area contributed by atoms with E-state index in [0.29, 0.717) is 12.0 Å². The SMILES string of the molecule is NNc1ncc(-c2cnn(C3CC3)c2)cn1. The molecule has 0 unspecified atom stereocenters. The van der Waals surface area contributed by atoms with Gasteiger partial charge >= 0.3 is 0 Å². The van der Waals surface area contributed by atoms with Gasteiger partial charge in [0.1, 0.15) is 0 Å². The van der Waals surface area contributed by atoms with Crippen LogP contribution in [-0.2, 0) is 0 Å². The fraction of sp³-hybridized carbons (Fsp3) is 0.300. The molecule has 3 rings (SSSR count). The number of anilines is 1. The van der Waals surface area contributed by atoms with Gasteiger partial charge in [-0.05, 0) is 12.8 Å². The molecule has 1 aliphatic rings. The summed E-state index contributed by atoms with van der Waals surface area (Å²) >= 11 is 0. The number of aromatic nitrogens is 4. The Morgan fingerprint density at radius 2 is 1.94 bits per heavy atom. The monoisotopic (exact) mass is 216 g/mol. The molecular formula is C10H12N6. The first-order chi connectivity index (χ1) is 7.86. The third kappa shape index (κ3) is 1.63. The first-order valence-electron chi connectivity index (χ1n) is 5.20. The highest BCUT2D eigenvalue weighted by molar-refractivity contribution is 5.60. The van der Waals surface area contributed by atoms with E-state index >= 15 is 0 Å². The maximum absolute atomic E-state index is 5.20. The molecule has 82 valence electrons. The van der Waals surface area contributed by atoms with Gasteiger partial charge in [0.25, 0.3) is 0 Å². The second-order valence-corrected chi connectivity index (χ2v) is 3.88. The molecule has 0 atom stereocenters. The standard InChI is InChI=1S/C10H12N6/c11-15-10-12-3-7(4-13-10)8-5-14-16(6-8)9-1-2-9/h3-6,9H,1-2,11H2,(H,12,13,15). The van der Waals surface area contributed by atoms with E-state index in [4.69, 9.17) is 5.84 Å². The predicted molar refractivity (Wildman–Crippen MR) is 59.3 cm³/mol. The fourth-order valence-electron chi connectivity index (χ4n) is 1.58. The zero-order chi connectivity index (χ0) is 11.0. The Kier molecular flexibility index (Phi) is 2.07. The number of nitrogens with two attached hydrogens (primary N) is 1. The van der Waals surface area contributed by atoms with Crippen LogP contribution in [0.25, 0.3) is 11.1 Å². The van der Waals surface area contributed by atoms with Gasteiger partial charge in [-0.15, -0.1) is 0 Å². The molecule has 1 saturated carbocycles. The number of hydrogen-bond acceptors (Lipinski definition) is 5. The van der Waals surface area contributed by atoms with Gasteiger partial charge in [-0.25, -0.2) is 15.8 Å². The van der Waals surface area contributed by atoms with Crippen molar-refractivity contribution in [3.63, 3.8) is 0 Å². The number of rotatable bonds is 3. The average Bonchev–Trinajstić information content (AvgIpc) is 3.08. The van der Waals surface area contributed by atoms with Crippen molar-refractivity contribution in [3.05, 3.63) is 24.8 Å². The summed E-state index contributed by atoms with van der Waals surface area (Å²) in [4.78, 5) is 8.12. The summed E-state index contributed by atoms with van der Waals surface area (Å²) in [5.41, 5.74) is 4.38. The molecule has 0 saturated heterocycles. The van der Waals surface area contributed by atoms with E-state index in [2.05, 4.69) is 20.5 Å². The van der Waals surface area contributed by atoms with Crippen LogP contribution in [0.15, 0.2) is 24.8 Å². The van der Waals surface area contributed by atoms with Crippen LogP contribution in [0.1, 0.15) is 18.9 Å². The lowest BCUT2D eigenvalue weighted by molar-refractivity contribution is 0.642. The molecule has 1 fully saturated rings. The number of nitrogens with zero attached hydrogens (tertiary/aromatic N) is 4. The predicted octanol–water partition coefficient (Wildman–Crippen LogP) is 0.961. The van der Waals surface area contributed by atoms with Crippen molar-refractivity contribution in [3.8, 4) is 11.1 Å². The fourth-order valence-corrected chi connectivity index (χ4v) is 1.58. The third-order valence-corrected chi connectivity index (χ3v) is 2.64. The van der Waals surface area contributed by atoms with Crippen LogP contribution in [-0.4, -0.2) is 19.7 Å². The lowest BCUT2D eigenvalue weighted by Crippen LogP contribution is -2.09. The molecule has 0 bridgehead atoms. The Hall–Kier alpha value is -1.95. The maximum Gasteiger partial charge on any atom is 0.237 e. The van der Waals surface area contributed by atoms with Gasteiger partial charge in [0.2, 0.25) is 5.95 Å². The van der Waals surface area contributed by atoms with Gasteiger partial charge in [-0.1, -0.05) is 0 Å². The van der Waals surface area contributed by atoms with Crippen molar-refractivity contribution in [1.82, 2.24) is 19.7 Å². The number of hydrazine groups is 1. The Labute approximate surface area is 92.5 Å². The van der Waals surface area contributed by atoms with Crippen LogP contribution in [0.5, 0.6) is 0 Å². The molecule has 0 aromatic carbocycles. The van der Waals surface area contributed by atoms with Gasteiger partial charge in [0.05, 0.1) is 12.2 Å². The number of nitrogens with one attached hydrogen (secondary N) is 1. The minimum absolute atomic E-state index is 0.415. The minimum Gasteiger partial charge on any atom is -0.292 e. The second-order valence-electron chi connectivity index (χ2n) is 3.88. The topological polar surface area (TPSA) is 81.6 Å². The molecule has 2 aromatic rings. The molecule has 0 spiro atoms. The highest BCUT2D eigenvalue weighted by Crippen LogP contribution is 2.35. The van der Waals surface area contributed by atoms with E-state index in [1.165, 1.54) is 12.8 Å². The molecule has 2 heterocycles. The molecule has 0 radical (unpaired) electrons. The smallest absolute Gasteiger partial charge is 0.237 e. The molecule has 0 aliphatic heterocycles. The average molecular weight is 216 g/mol. The van der Waals surface area contributed by atoms with Crippen molar-refractivity contribution in [2.75, 3.05) is 5.43 Å². The number of hydrogen-bond donors (Lipinski definition) is 2. The van der Waals surface area contributed by atoms with Crippen LogP contribution in [0.2, 0.25) is 0 Å². The van der Waals surface area contributed by atoms with E-state index in [-0.39, 0.29) is 0 Å². The van der Waals surface area contributed by atoms with Crippen LogP contribution in [0.3, 0.4) is 0 Å².